The van der Waals surface area contributed by atoms with Crippen molar-refractivity contribution < 1.29 is 14.7 Å². The fraction of sp³-hybridized carbons (Fsp3) is 0.176. The van der Waals surface area contributed by atoms with Gasteiger partial charge in [-0.05, 0) is 30.7 Å². The van der Waals surface area contributed by atoms with Crippen LogP contribution in [-0.2, 0) is 9.59 Å². The van der Waals surface area contributed by atoms with Crippen LogP contribution >= 0.6 is 0 Å². The molecular formula is C17H15N3O3. The Bertz CT molecular complexity index is 895. The quantitative estimate of drug-likeness (QED) is 0.578. The Kier molecular flexibility index (Phi) is 3.89. The Morgan fingerprint density at radius 3 is 2.39 bits per heavy atom. The van der Waals surface area contributed by atoms with Crippen molar-refractivity contribution in [2.45, 2.75) is 19.4 Å². The molecule has 0 saturated heterocycles. The van der Waals surface area contributed by atoms with E-state index in [1.54, 1.807) is 25.1 Å². The van der Waals surface area contributed by atoms with Gasteiger partial charge in [-0.2, -0.15) is 0 Å². The third-order valence-corrected chi connectivity index (χ3v) is 3.75. The number of carboxylic acids is 1. The van der Waals surface area contributed by atoms with E-state index in [0.29, 0.717) is 35.1 Å². The van der Waals surface area contributed by atoms with E-state index in [2.05, 4.69) is 9.97 Å². The van der Waals surface area contributed by atoms with E-state index < -0.39 is 12.0 Å². The molecule has 6 nitrogen and oxygen atoms in total. The van der Waals surface area contributed by atoms with E-state index >= 15 is 0 Å². The van der Waals surface area contributed by atoms with E-state index in [4.69, 9.17) is 0 Å². The van der Waals surface area contributed by atoms with E-state index in [0.717, 1.165) is 5.52 Å². The number of carboxylic acid groups (broad SMARTS) is 1. The molecule has 1 heterocycles. The lowest BCUT2D eigenvalue weighted by molar-refractivity contribution is -0.139. The molecule has 0 bridgehead atoms. The van der Waals surface area contributed by atoms with Crippen molar-refractivity contribution in [3.63, 3.8) is 0 Å². The van der Waals surface area contributed by atoms with Crippen LogP contribution in [0.1, 0.15) is 13.3 Å². The van der Waals surface area contributed by atoms with Gasteiger partial charge in [0.05, 0.1) is 22.2 Å². The van der Waals surface area contributed by atoms with Gasteiger partial charge in [0.15, 0.2) is 0 Å². The average Bonchev–Trinajstić information content (AvgIpc) is 2.57. The number of hydrogen-bond acceptors (Lipinski definition) is 4. The number of anilines is 1. The second-order valence-corrected chi connectivity index (χ2v) is 5.13. The van der Waals surface area contributed by atoms with E-state index in [1.807, 2.05) is 24.3 Å². The van der Waals surface area contributed by atoms with Gasteiger partial charge < -0.3 is 5.11 Å². The number of carbonyl (C=O) groups excluding carboxylic acids is 1. The summed E-state index contributed by atoms with van der Waals surface area (Å²) in [5.41, 5.74) is 3.03. The Hall–Kier alpha value is -3.02. The van der Waals surface area contributed by atoms with Gasteiger partial charge in [-0.25, -0.2) is 14.8 Å². The van der Waals surface area contributed by atoms with Gasteiger partial charge in [0.1, 0.15) is 11.6 Å². The number of aromatic nitrogens is 2. The van der Waals surface area contributed by atoms with Crippen LogP contribution in [0.2, 0.25) is 0 Å². The van der Waals surface area contributed by atoms with Crippen molar-refractivity contribution in [2.24, 2.45) is 0 Å². The highest BCUT2D eigenvalue weighted by Gasteiger charge is 2.25. The molecule has 0 fully saturated rings. The molecule has 0 spiro atoms. The predicted molar refractivity (Wildman–Crippen MR) is 87.3 cm³/mol. The third-order valence-electron chi connectivity index (χ3n) is 3.75. The van der Waals surface area contributed by atoms with Crippen LogP contribution in [0.15, 0.2) is 42.5 Å². The summed E-state index contributed by atoms with van der Waals surface area (Å²) in [6.07, 6.45) is 0.833. The number of nitrogens with zero attached hydrogens (tertiary/aromatic N) is 3. The van der Waals surface area contributed by atoms with Crippen molar-refractivity contribution in [3.8, 4) is 0 Å². The number of aliphatic carboxylic acids is 1. The zero-order valence-electron chi connectivity index (χ0n) is 12.5. The fourth-order valence-electron chi connectivity index (χ4n) is 2.62. The molecule has 1 amide bonds. The Morgan fingerprint density at radius 1 is 1.13 bits per heavy atom. The molecule has 0 saturated carbocycles. The molecule has 0 aliphatic heterocycles. The van der Waals surface area contributed by atoms with Gasteiger partial charge in [-0.15, -0.1) is 0 Å². The van der Waals surface area contributed by atoms with Crippen LogP contribution in [0.5, 0.6) is 0 Å². The molecule has 1 unspecified atom stereocenters. The molecule has 1 aromatic heterocycles. The summed E-state index contributed by atoms with van der Waals surface area (Å²) >= 11 is 0. The number of carbonyl (C=O) groups is 2. The molecule has 3 aromatic rings. The zero-order valence-corrected chi connectivity index (χ0v) is 12.5. The van der Waals surface area contributed by atoms with Crippen LogP contribution in [0, 0.1) is 0 Å². The summed E-state index contributed by atoms with van der Waals surface area (Å²) < 4.78 is 0. The maximum Gasteiger partial charge on any atom is 0.326 e. The molecule has 1 atom stereocenters. The van der Waals surface area contributed by atoms with E-state index in [9.17, 15) is 14.7 Å². The highest BCUT2D eigenvalue weighted by Crippen LogP contribution is 2.27. The van der Waals surface area contributed by atoms with Gasteiger partial charge in [0, 0.05) is 0 Å². The standard InChI is InChI=1S/C17H15N3O3/c1-2-14(17(22)23)20(10-21)15-9-5-8-13-16(15)19-12-7-4-3-6-11(12)18-13/h3-10,14H,2H2,1H3,(H,22,23). The Labute approximate surface area is 132 Å². The van der Waals surface area contributed by atoms with Gasteiger partial charge in [-0.3, -0.25) is 9.69 Å². The third kappa shape index (κ3) is 2.59. The summed E-state index contributed by atoms with van der Waals surface area (Å²) in [6.45, 7) is 1.72. The normalized spacial score (nSPS) is 12.2. The van der Waals surface area contributed by atoms with Crippen molar-refractivity contribution in [1.29, 1.82) is 0 Å². The summed E-state index contributed by atoms with van der Waals surface area (Å²) in [5, 5.41) is 9.34. The first-order valence-corrected chi connectivity index (χ1v) is 7.27. The zero-order chi connectivity index (χ0) is 16.4. The summed E-state index contributed by atoms with van der Waals surface area (Å²) in [4.78, 5) is 33.2. The van der Waals surface area contributed by atoms with Crippen LogP contribution in [0.4, 0.5) is 5.69 Å². The second-order valence-electron chi connectivity index (χ2n) is 5.13. The van der Waals surface area contributed by atoms with Crippen molar-refractivity contribution >= 4 is 40.1 Å². The second kappa shape index (κ2) is 6.00. The van der Waals surface area contributed by atoms with Crippen LogP contribution in [0.3, 0.4) is 0 Å². The minimum atomic E-state index is -1.05. The monoisotopic (exact) mass is 309 g/mol. The molecule has 116 valence electrons. The lowest BCUT2D eigenvalue weighted by Gasteiger charge is -2.24. The van der Waals surface area contributed by atoms with E-state index in [-0.39, 0.29) is 0 Å². The first-order chi connectivity index (χ1) is 11.2. The van der Waals surface area contributed by atoms with Gasteiger partial charge >= 0.3 is 5.97 Å². The minimum Gasteiger partial charge on any atom is -0.480 e. The van der Waals surface area contributed by atoms with Gasteiger partial charge in [0.2, 0.25) is 6.41 Å². The van der Waals surface area contributed by atoms with Crippen LogP contribution in [-0.4, -0.2) is 33.5 Å². The van der Waals surface area contributed by atoms with E-state index in [1.165, 1.54) is 4.90 Å². The topological polar surface area (TPSA) is 83.4 Å². The number of hydrogen-bond donors (Lipinski definition) is 1. The van der Waals surface area contributed by atoms with Gasteiger partial charge in [0.25, 0.3) is 0 Å². The largest absolute Gasteiger partial charge is 0.480 e. The summed E-state index contributed by atoms with van der Waals surface area (Å²) in [5.74, 6) is -1.05. The number of fused-ring (bicyclic) bond motifs is 2. The molecular weight excluding hydrogens is 294 g/mol. The molecule has 0 radical (unpaired) electrons. The maximum atomic E-state index is 11.5. The fourth-order valence-corrected chi connectivity index (χ4v) is 2.62. The van der Waals surface area contributed by atoms with Crippen LogP contribution < -0.4 is 4.90 Å². The molecule has 23 heavy (non-hydrogen) atoms. The van der Waals surface area contributed by atoms with Gasteiger partial charge in [-0.1, -0.05) is 25.1 Å². The predicted octanol–water partition coefficient (Wildman–Crippen LogP) is 2.61. The molecule has 3 rings (SSSR count). The highest BCUT2D eigenvalue weighted by molar-refractivity contribution is 6.00. The smallest absolute Gasteiger partial charge is 0.326 e. The van der Waals surface area contributed by atoms with Crippen molar-refractivity contribution in [2.75, 3.05) is 4.90 Å². The first-order valence-electron chi connectivity index (χ1n) is 7.27. The number of para-hydroxylation sites is 3. The molecule has 1 N–H and O–H groups in total. The average molecular weight is 309 g/mol. The molecule has 0 aliphatic carbocycles. The number of benzene rings is 2. The highest BCUT2D eigenvalue weighted by atomic mass is 16.4. The molecule has 6 heteroatoms. The summed E-state index contributed by atoms with van der Waals surface area (Å²) in [7, 11) is 0. The van der Waals surface area contributed by atoms with Crippen molar-refractivity contribution in [3.05, 3.63) is 42.5 Å². The Balaban J connectivity index is 2.25. The lowest BCUT2D eigenvalue weighted by Crippen LogP contribution is -2.40. The van der Waals surface area contributed by atoms with Crippen molar-refractivity contribution in [1.82, 2.24) is 9.97 Å². The summed E-state index contributed by atoms with van der Waals surface area (Å²) in [6, 6.07) is 11.7. The van der Waals surface area contributed by atoms with Crippen LogP contribution in [0.25, 0.3) is 22.1 Å². The minimum absolute atomic E-state index is 0.297. The Morgan fingerprint density at radius 2 is 1.78 bits per heavy atom. The molecule has 0 aliphatic rings. The number of rotatable bonds is 5. The number of amides is 1. The SMILES string of the molecule is CCC(C(=O)O)N(C=O)c1cccc2nc3ccccc3nc12. The lowest BCUT2D eigenvalue weighted by atomic mass is 10.1. The first kappa shape index (κ1) is 14.9. The molecule has 2 aromatic carbocycles. The maximum absolute atomic E-state index is 11.5.